The number of nitrogens with two attached hydrogens (primary N) is 1. The molecule has 0 spiro atoms. The fraction of sp³-hybridized carbons (Fsp3) is 0.125. The Morgan fingerprint density at radius 3 is 2.38 bits per heavy atom. The van der Waals surface area contributed by atoms with Crippen molar-refractivity contribution >= 4 is 40.6 Å². The molecule has 0 saturated heterocycles. The summed E-state index contributed by atoms with van der Waals surface area (Å²) in [7, 11) is 1.74. The van der Waals surface area contributed by atoms with Gasteiger partial charge in [0, 0.05) is 28.8 Å². The highest BCUT2D eigenvalue weighted by Crippen LogP contribution is 2.19. The predicted octanol–water partition coefficient (Wildman–Crippen LogP) is 3.32. The van der Waals surface area contributed by atoms with Crippen LogP contribution in [0.1, 0.15) is 15.9 Å². The van der Waals surface area contributed by atoms with E-state index in [0.717, 1.165) is 16.1 Å². The number of thiocarbonyl (C=S) groups is 1. The Morgan fingerprint density at radius 2 is 1.81 bits per heavy atom. The molecular formula is C16H16N2OS2. The minimum absolute atomic E-state index is 0.0669. The third-order valence-electron chi connectivity index (χ3n) is 3.16. The van der Waals surface area contributed by atoms with Crippen LogP contribution >= 0.6 is 24.0 Å². The van der Waals surface area contributed by atoms with Gasteiger partial charge in [-0.2, -0.15) is 0 Å². The zero-order valence-electron chi connectivity index (χ0n) is 11.9. The van der Waals surface area contributed by atoms with Gasteiger partial charge in [-0.3, -0.25) is 4.79 Å². The van der Waals surface area contributed by atoms with Crippen molar-refractivity contribution in [3.63, 3.8) is 0 Å². The summed E-state index contributed by atoms with van der Waals surface area (Å²) in [5, 5.41) is 0. The molecule has 0 saturated carbocycles. The maximum atomic E-state index is 12.5. The molecule has 0 fully saturated rings. The lowest BCUT2D eigenvalue weighted by Gasteiger charge is -2.18. The smallest absolute Gasteiger partial charge is 0.258 e. The van der Waals surface area contributed by atoms with Crippen LogP contribution in [0.5, 0.6) is 0 Å². The van der Waals surface area contributed by atoms with Gasteiger partial charge in [-0.1, -0.05) is 24.4 Å². The standard InChI is InChI=1S/C16H16N2OS2/c1-18(13-5-3-4-12(10-13)15(17)20)16(19)11-6-8-14(21-2)9-7-11/h3-10H,1-2H3,(H2,17,20). The van der Waals surface area contributed by atoms with E-state index >= 15 is 0 Å². The fourth-order valence-electron chi connectivity index (χ4n) is 1.91. The van der Waals surface area contributed by atoms with Crippen LogP contribution in [0, 0.1) is 0 Å². The van der Waals surface area contributed by atoms with Gasteiger partial charge in [-0.25, -0.2) is 0 Å². The Hall–Kier alpha value is -1.85. The molecule has 0 bridgehead atoms. The van der Waals surface area contributed by atoms with Crippen molar-refractivity contribution in [2.24, 2.45) is 5.73 Å². The highest BCUT2D eigenvalue weighted by Gasteiger charge is 2.14. The molecule has 0 atom stereocenters. The molecule has 2 aromatic carbocycles. The molecule has 0 aromatic heterocycles. The lowest BCUT2D eigenvalue weighted by molar-refractivity contribution is 0.0993. The van der Waals surface area contributed by atoms with Crippen molar-refractivity contribution in [1.29, 1.82) is 0 Å². The molecule has 0 aliphatic heterocycles. The Bertz CT molecular complexity index is 668. The van der Waals surface area contributed by atoms with Crippen molar-refractivity contribution < 1.29 is 4.79 Å². The Balaban J connectivity index is 2.25. The van der Waals surface area contributed by atoms with Crippen LogP contribution in [0.3, 0.4) is 0 Å². The average Bonchev–Trinajstić information content (AvgIpc) is 2.53. The largest absolute Gasteiger partial charge is 0.389 e. The van der Waals surface area contributed by atoms with Crippen molar-refractivity contribution in [2.45, 2.75) is 4.90 Å². The van der Waals surface area contributed by atoms with E-state index in [-0.39, 0.29) is 5.91 Å². The summed E-state index contributed by atoms with van der Waals surface area (Å²) in [4.78, 5) is 15.5. The predicted molar refractivity (Wildman–Crippen MR) is 93.3 cm³/mol. The first-order chi connectivity index (χ1) is 10.0. The van der Waals surface area contributed by atoms with Crippen molar-refractivity contribution in [1.82, 2.24) is 0 Å². The maximum Gasteiger partial charge on any atom is 0.258 e. The maximum absolute atomic E-state index is 12.5. The van der Waals surface area contributed by atoms with Crippen LogP contribution in [0.2, 0.25) is 0 Å². The minimum atomic E-state index is -0.0669. The van der Waals surface area contributed by atoms with E-state index in [1.807, 2.05) is 54.8 Å². The molecule has 2 N–H and O–H groups in total. The highest BCUT2D eigenvalue weighted by molar-refractivity contribution is 7.98. The van der Waals surface area contributed by atoms with Gasteiger partial charge in [0.25, 0.3) is 5.91 Å². The van der Waals surface area contributed by atoms with E-state index in [4.69, 9.17) is 18.0 Å². The quantitative estimate of drug-likeness (QED) is 0.694. The molecule has 0 radical (unpaired) electrons. The summed E-state index contributed by atoms with van der Waals surface area (Å²) in [5.41, 5.74) is 7.79. The molecule has 5 heteroatoms. The lowest BCUT2D eigenvalue weighted by Crippen LogP contribution is -2.26. The number of thioether (sulfide) groups is 1. The summed E-state index contributed by atoms with van der Waals surface area (Å²) in [6.45, 7) is 0. The summed E-state index contributed by atoms with van der Waals surface area (Å²) in [5.74, 6) is -0.0669. The van der Waals surface area contributed by atoms with Crippen LogP contribution in [-0.4, -0.2) is 24.2 Å². The topological polar surface area (TPSA) is 46.3 Å². The molecule has 21 heavy (non-hydrogen) atoms. The third kappa shape index (κ3) is 3.62. The molecule has 2 rings (SSSR count). The summed E-state index contributed by atoms with van der Waals surface area (Å²) in [6, 6.07) is 14.9. The molecule has 0 aliphatic rings. The zero-order valence-corrected chi connectivity index (χ0v) is 13.5. The second-order valence-corrected chi connectivity index (χ2v) is 5.83. The van der Waals surface area contributed by atoms with Crippen LogP contribution in [-0.2, 0) is 0 Å². The van der Waals surface area contributed by atoms with E-state index in [2.05, 4.69) is 0 Å². The second-order valence-electron chi connectivity index (χ2n) is 4.51. The van der Waals surface area contributed by atoms with Crippen molar-refractivity contribution in [2.75, 3.05) is 18.2 Å². The number of hydrogen-bond acceptors (Lipinski definition) is 3. The van der Waals surface area contributed by atoms with E-state index < -0.39 is 0 Å². The summed E-state index contributed by atoms with van der Waals surface area (Å²) >= 11 is 6.61. The van der Waals surface area contributed by atoms with Crippen LogP contribution in [0.4, 0.5) is 5.69 Å². The molecule has 2 aromatic rings. The Morgan fingerprint density at radius 1 is 1.14 bits per heavy atom. The summed E-state index contributed by atoms with van der Waals surface area (Å²) < 4.78 is 0. The van der Waals surface area contributed by atoms with Gasteiger partial charge < -0.3 is 10.6 Å². The van der Waals surface area contributed by atoms with Crippen LogP contribution in [0.25, 0.3) is 0 Å². The molecule has 1 amide bonds. The zero-order chi connectivity index (χ0) is 15.4. The first kappa shape index (κ1) is 15.5. The normalized spacial score (nSPS) is 10.2. The molecule has 0 heterocycles. The first-order valence-electron chi connectivity index (χ1n) is 6.35. The Kier molecular flexibility index (Phi) is 4.98. The number of anilines is 1. The van der Waals surface area contributed by atoms with Crippen molar-refractivity contribution in [3.8, 4) is 0 Å². The SMILES string of the molecule is CSc1ccc(C(=O)N(C)c2cccc(C(N)=S)c2)cc1. The minimum Gasteiger partial charge on any atom is -0.389 e. The molecular weight excluding hydrogens is 300 g/mol. The first-order valence-corrected chi connectivity index (χ1v) is 7.98. The number of carbonyl (C=O) groups excluding carboxylic acids is 1. The van der Waals surface area contributed by atoms with Crippen LogP contribution < -0.4 is 10.6 Å². The van der Waals surface area contributed by atoms with Gasteiger partial charge in [0.2, 0.25) is 0 Å². The number of benzene rings is 2. The number of carbonyl (C=O) groups is 1. The van der Waals surface area contributed by atoms with Gasteiger partial charge in [-0.05, 0) is 42.7 Å². The molecule has 0 unspecified atom stereocenters. The number of nitrogens with zero attached hydrogens (tertiary/aromatic N) is 1. The average molecular weight is 316 g/mol. The van der Waals surface area contributed by atoms with Gasteiger partial charge in [-0.15, -0.1) is 11.8 Å². The molecule has 3 nitrogen and oxygen atoms in total. The van der Waals surface area contributed by atoms with E-state index in [1.165, 1.54) is 0 Å². The van der Waals surface area contributed by atoms with Gasteiger partial charge in [0.05, 0.1) is 0 Å². The number of rotatable bonds is 4. The van der Waals surface area contributed by atoms with E-state index in [9.17, 15) is 4.79 Å². The summed E-state index contributed by atoms with van der Waals surface area (Å²) in [6.07, 6.45) is 2.00. The van der Waals surface area contributed by atoms with Gasteiger partial charge in [0.1, 0.15) is 4.99 Å². The third-order valence-corrected chi connectivity index (χ3v) is 4.14. The number of amides is 1. The highest BCUT2D eigenvalue weighted by atomic mass is 32.2. The monoisotopic (exact) mass is 316 g/mol. The second kappa shape index (κ2) is 6.74. The van der Waals surface area contributed by atoms with Gasteiger partial charge >= 0.3 is 0 Å². The Labute approximate surface area is 134 Å². The van der Waals surface area contributed by atoms with Gasteiger partial charge in [0.15, 0.2) is 0 Å². The molecule has 0 aliphatic carbocycles. The van der Waals surface area contributed by atoms with Crippen molar-refractivity contribution in [3.05, 3.63) is 59.7 Å². The van der Waals surface area contributed by atoms with E-state index in [1.54, 1.807) is 23.7 Å². The molecule has 108 valence electrons. The lowest BCUT2D eigenvalue weighted by atomic mass is 10.1. The fourth-order valence-corrected chi connectivity index (χ4v) is 2.45. The van der Waals surface area contributed by atoms with Crippen LogP contribution in [0.15, 0.2) is 53.4 Å². The number of hydrogen-bond donors (Lipinski definition) is 1. The van der Waals surface area contributed by atoms with E-state index in [0.29, 0.717) is 10.6 Å².